The first kappa shape index (κ1) is 15.1. The highest BCUT2D eigenvalue weighted by Crippen LogP contribution is 2.23. The van der Waals surface area contributed by atoms with Crippen molar-refractivity contribution in [2.24, 2.45) is 0 Å². The van der Waals surface area contributed by atoms with E-state index in [9.17, 15) is 4.39 Å². The topological polar surface area (TPSA) is 55.1 Å². The maximum absolute atomic E-state index is 13.3. The SMILES string of the molecule is CCN(CC)c1ccc(-c2nc(-c3cccc(F)c3)no2)cn1. The highest BCUT2D eigenvalue weighted by molar-refractivity contribution is 5.60. The molecule has 0 radical (unpaired) electrons. The molecule has 6 heteroatoms. The van der Waals surface area contributed by atoms with Crippen molar-refractivity contribution in [3.05, 3.63) is 48.4 Å². The third-order valence-electron chi connectivity index (χ3n) is 3.59. The Kier molecular flexibility index (Phi) is 4.32. The maximum Gasteiger partial charge on any atom is 0.259 e. The summed E-state index contributed by atoms with van der Waals surface area (Å²) in [6.45, 7) is 5.96. The molecule has 0 atom stereocenters. The van der Waals surface area contributed by atoms with Crippen LogP contribution in [0.1, 0.15) is 13.8 Å². The van der Waals surface area contributed by atoms with Crippen LogP contribution in [0.5, 0.6) is 0 Å². The van der Waals surface area contributed by atoms with Gasteiger partial charge in [0.05, 0.1) is 5.56 Å². The molecule has 23 heavy (non-hydrogen) atoms. The van der Waals surface area contributed by atoms with E-state index in [4.69, 9.17) is 4.52 Å². The summed E-state index contributed by atoms with van der Waals surface area (Å²) in [7, 11) is 0. The van der Waals surface area contributed by atoms with Gasteiger partial charge in [0.2, 0.25) is 5.82 Å². The van der Waals surface area contributed by atoms with Crippen molar-refractivity contribution < 1.29 is 8.91 Å². The van der Waals surface area contributed by atoms with Gasteiger partial charge in [-0.05, 0) is 38.1 Å². The van der Waals surface area contributed by atoms with E-state index in [1.165, 1.54) is 12.1 Å². The smallest absolute Gasteiger partial charge is 0.259 e. The van der Waals surface area contributed by atoms with Crippen LogP contribution >= 0.6 is 0 Å². The number of aromatic nitrogens is 3. The van der Waals surface area contributed by atoms with Crippen molar-refractivity contribution in [3.8, 4) is 22.8 Å². The number of rotatable bonds is 5. The minimum atomic E-state index is -0.334. The molecule has 3 aromatic rings. The van der Waals surface area contributed by atoms with Crippen molar-refractivity contribution in [2.75, 3.05) is 18.0 Å². The maximum atomic E-state index is 13.3. The molecule has 0 fully saturated rings. The summed E-state index contributed by atoms with van der Waals surface area (Å²) in [6.07, 6.45) is 1.70. The summed E-state index contributed by atoms with van der Waals surface area (Å²) in [6, 6.07) is 9.91. The number of hydrogen-bond acceptors (Lipinski definition) is 5. The summed E-state index contributed by atoms with van der Waals surface area (Å²) in [5, 5.41) is 3.90. The average molecular weight is 312 g/mol. The normalized spacial score (nSPS) is 10.7. The van der Waals surface area contributed by atoms with Gasteiger partial charge in [-0.15, -0.1) is 0 Å². The molecule has 0 bridgehead atoms. The monoisotopic (exact) mass is 312 g/mol. The Labute approximate surface area is 133 Å². The Bertz CT molecular complexity index is 781. The molecule has 2 aromatic heterocycles. The lowest BCUT2D eigenvalue weighted by Gasteiger charge is -2.19. The molecular weight excluding hydrogens is 295 g/mol. The molecule has 0 aliphatic rings. The first-order chi connectivity index (χ1) is 11.2. The lowest BCUT2D eigenvalue weighted by atomic mass is 10.2. The summed E-state index contributed by atoms with van der Waals surface area (Å²) >= 11 is 0. The zero-order valence-electron chi connectivity index (χ0n) is 13.0. The number of halogens is 1. The molecule has 0 saturated carbocycles. The molecule has 1 aromatic carbocycles. The average Bonchev–Trinajstić information content (AvgIpc) is 3.07. The van der Waals surface area contributed by atoms with E-state index < -0.39 is 0 Å². The first-order valence-corrected chi connectivity index (χ1v) is 7.52. The van der Waals surface area contributed by atoms with Gasteiger partial charge in [-0.25, -0.2) is 9.37 Å². The largest absolute Gasteiger partial charge is 0.357 e. The van der Waals surface area contributed by atoms with Crippen LogP contribution in [-0.4, -0.2) is 28.2 Å². The molecule has 0 aliphatic carbocycles. The first-order valence-electron chi connectivity index (χ1n) is 7.52. The van der Waals surface area contributed by atoms with E-state index in [0.717, 1.165) is 24.5 Å². The molecule has 0 aliphatic heterocycles. The fraction of sp³-hybridized carbons (Fsp3) is 0.235. The number of pyridine rings is 1. The molecule has 3 rings (SSSR count). The second-order valence-corrected chi connectivity index (χ2v) is 5.01. The Morgan fingerprint density at radius 2 is 1.91 bits per heavy atom. The summed E-state index contributed by atoms with van der Waals surface area (Å²) < 4.78 is 18.5. The van der Waals surface area contributed by atoms with E-state index in [-0.39, 0.29) is 5.82 Å². The lowest BCUT2D eigenvalue weighted by molar-refractivity contribution is 0.432. The van der Waals surface area contributed by atoms with Gasteiger partial charge < -0.3 is 9.42 Å². The minimum Gasteiger partial charge on any atom is -0.357 e. The van der Waals surface area contributed by atoms with Crippen molar-refractivity contribution >= 4 is 5.82 Å². The zero-order valence-corrected chi connectivity index (χ0v) is 13.0. The van der Waals surface area contributed by atoms with Gasteiger partial charge in [-0.2, -0.15) is 4.98 Å². The van der Waals surface area contributed by atoms with Crippen molar-refractivity contribution in [2.45, 2.75) is 13.8 Å². The predicted molar refractivity (Wildman–Crippen MR) is 86.5 cm³/mol. The van der Waals surface area contributed by atoms with Crippen molar-refractivity contribution in [1.82, 2.24) is 15.1 Å². The van der Waals surface area contributed by atoms with Gasteiger partial charge in [0, 0.05) is 24.8 Å². The van der Waals surface area contributed by atoms with Gasteiger partial charge in [0.15, 0.2) is 0 Å². The molecule has 5 nitrogen and oxygen atoms in total. The fourth-order valence-corrected chi connectivity index (χ4v) is 2.33. The number of anilines is 1. The summed E-state index contributed by atoms with van der Waals surface area (Å²) in [5.74, 6) is 1.29. The standard InChI is InChI=1S/C17H17FN4O/c1-3-22(4-2)15-9-8-13(11-19-15)17-20-16(21-23-17)12-6-5-7-14(18)10-12/h5-11H,3-4H2,1-2H3. The van der Waals surface area contributed by atoms with Crippen molar-refractivity contribution in [3.63, 3.8) is 0 Å². The number of benzene rings is 1. The van der Waals surface area contributed by atoms with Gasteiger partial charge in [0.25, 0.3) is 5.89 Å². The zero-order chi connectivity index (χ0) is 16.2. The molecule has 0 amide bonds. The number of nitrogens with zero attached hydrogens (tertiary/aromatic N) is 4. The van der Waals surface area contributed by atoms with E-state index in [0.29, 0.717) is 17.3 Å². The van der Waals surface area contributed by atoms with Crippen LogP contribution < -0.4 is 4.90 Å². The highest BCUT2D eigenvalue weighted by atomic mass is 19.1. The number of hydrogen-bond donors (Lipinski definition) is 0. The third kappa shape index (κ3) is 3.21. The molecule has 2 heterocycles. The van der Waals surface area contributed by atoms with Crippen molar-refractivity contribution in [1.29, 1.82) is 0 Å². The van der Waals surface area contributed by atoms with Crippen LogP contribution in [0.4, 0.5) is 10.2 Å². The van der Waals surface area contributed by atoms with E-state index in [1.807, 2.05) is 12.1 Å². The highest BCUT2D eigenvalue weighted by Gasteiger charge is 2.12. The predicted octanol–water partition coefficient (Wildman–Crippen LogP) is 3.78. The molecule has 0 spiro atoms. The molecule has 0 saturated heterocycles. The van der Waals surface area contributed by atoms with Crippen LogP contribution in [-0.2, 0) is 0 Å². The Morgan fingerprint density at radius 1 is 1.09 bits per heavy atom. The minimum absolute atomic E-state index is 0.334. The van der Waals surface area contributed by atoms with Crippen LogP contribution in [0.2, 0.25) is 0 Å². The second kappa shape index (κ2) is 6.56. The van der Waals surface area contributed by atoms with Crippen LogP contribution in [0.15, 0.2) is 47.1 Å². The van der Waals surface area contributed by atoms with Crippen LogP contribution in [0.3, 0.4) is 0 Å². The summed E-state index contributed by atoms with van der Waals surface area (Å²) in [4.78, 5) is 10.9. The Balaban J connectivity index is 1.86. The van der Waals surface area contributed by atoms with E-state index in [1.54, 1.807) is 18.3 Å². The van der Waals surface area contributed by atoms with Gasteiger partial charge in [0.1, 0.15) is 11.6 Å². The van der Waals surface area contributed by atoms with Crippen LogP contribution in [0.25, 0.3) is 22.8 Å². The fourth-order valence-electron chi connectivity index (χ4n) is 2.33. The lowest BCUT2D eigenvalue weighted by Crippen LogP contribution is -2.22. The van der Waals surface area contributed by atoms with E-state index >= 15 is 0 Å². The van der Waals surface area contributed by atoms with Crippen LogP contribution in [0, 0.1) is 5.82 Å². The second-order valence-electron chi connectivity index (χ2n) is 5.01. The summed E-state index contributed by atoms with van der Waals surface area (Å²) in [5.41, 5.74) is 1.31. The Hall–Kier alpha value is -2.76. The Morgan fingerprint density at radius 3 is 2.57 bits per heavy atom. The van der Waals surface area contributed by atoms with Gasteiger partial charge in [-0.1, -0.05) is 17.3 Å². The molecule has 0 N–H and O–H groups in total. The van der Waals surface area contributed by atoms with E-state index in [2.05, 4.69) is 33.9 Å². The molecule has 0 unspecified atom stereocenters. The van der Waals surface area contributed by atoms with Gasteiger partial charge >= 0.3 is 0 Å². The van der Waals surface area contributed by atoms with Gasteiger partial charge in [-0.3, -0.25) is 0 Å². The molecular formula is C17H17FN4O. The molecule has 118 valence electrons. The quantitative estimate of drug-likeness (QED) is 0.717. The third-order valence-corrected chi connectivity index (χ3v) is 3.59.